The average Bonchev–Trinajstić information content (AvgIpc) is 1.66. The van der Waals surface area contributed by atoms with Crippen molar-refractivity contribution in [3.63, 3.8) is 0 Å². The van der Waals surface area contributed by atoms with Crippen molar-refractivity contribution in [2.45, 2.75) is 191 Å². The first-order valence-corrected chi connectivity index (χ1v) is 46.4. The molecular weight excluding hydrogens is 1760 g/mol. The van der Waals surface area contributed by atoms with E-state index in [-0.39, 0.29) is 83.1 Å². The minimum atomic E-state index is -0.594. The largest absolute Gasteiger partial charge is 0.384 e. The Morgan fingerprint density at radius 3 is 0.820 bits per heavy atom. The number of anilines is 9. The zero-order valence-electron chi connectivity index (χ0n) is 80.6. The molecule has 7 aromatic carbocycles. The van der Waals surface area contributed by atoms with Gasteiger partial charge in [0.2, 0.25) is 0 Å². The summed E-state index contributed by atoms with van der Waals surface area (Å²) in [6, 6.07) is 66.3. The highest BCUT2D eigenvalue weighted by Crippen LogP contribution is 2.41. The molecule has 32 heteroatoms. The van der Waals surface area contributed by atoms with Gasteiger partial charge in [-0.2, -0.15) is 13.5 Å². The molecule has 0 unspecified atom stereocenters. The van der Waals surface area contributed by atoms with Crippen LogP contribution in [0.3, 0.4) is 0 Å². The molecule has 10 aromatic heterocycles. The third-order valence-electron chi connectivity index (χ3n) is 24.9. The zero-order valence-corrected chi connectivity index (χ0v) is 81.6. The van der Waals surface area contributed by atoms with Gasteiger partial charge in [0.15, 0.2) is 0 Å². The Morgan fingerprint density at radius 1 is 0.309 bits per heavy atom. The van der Waals surface area contributed by atoms with Gasteiger partial charge in [0, 0.05) is 88.4 Å². The minimum absolute atomic E-state index is 0. The number of para-hydroxylation sites is 2. The van der Waals surface area contributed by atoms with Crippen molar-refractivity contribution in [1.29, 1.82) is 0 Å². The van der Waals surface area contributed by atoms with Gasteiger partial charge in [-0.1, -0.05) is 127 Å². The molecular formula is C107H117N25O6S. The third-order valence-corrected chi connectivity index (χ3v) is 24.9. The summed E-state index contributed by atoms with van der Waals surface area (Å²) in [5.74, 6) is 7.00. The smallest absolute Gasteiger partial charge is 0.263 e. The van der Waals surface area contributed by atoms with E-state index in [0.717, 1.165) is 160 Å². The summed E-state index contributed by atoms with van der Waals surface area (Å²) < 4.78 is 9.36. The summed E-state index contributed by atoms with van der Waals surface area (Å²) in [4.78, 5) is 121. The highest BCUT2D eigenvalue weighted by atomic mass is 32.1. The summed E-state index contributed by atoms with van der Waals surface area (Å²) in [6.45, 7) is 28.9. The Balaban J connectivity index is 0.000000131. The Kier molecular flexibility index (Phi) is 29.0. The van der Waals surface area contributed by atoms with E-state index in [1.165, 1.54) is 6.20 Å². The maximum Gasteiger partial charge on any atom is 0.263 e. The lowest BCUT2D eigenvalue weighted by molar-refractivity contribution is 0.1000. The Bertz CT molecular complexity index is 7440. The number of aryl methyl sites for hydroxylation is 10. The fourth-order valence-corrected chi connectivity index (χ4v) is 18.2. The van der Waals surface area contributed by atoms with Crippen LogP contribution < -0.4 is 83.0 Å². The van der Waals surface area contributed by atoms with Crippen LogP contribution in [0.15, 0.2) is 236 Å². The topological polar surface area (TPSA) is 446 Å². The number of benzene rings is 7. The van der Waals surface area contributed by atoms with E-state index in [1.54, 1.807) is 54.2 Å². The van der Waals surface area contributed by atoms with Gasteiger partial charge < -0.3 is 69.0 Å². The highest BCUT2D eigenvalue weighted by Gasteiger charge is 2.34. The quantitative estimate of drug-likeness (QED) is 0.0319. The number of fused-ring (bicyclic) bond motifs is 5. The van der Waals surface area contributed by atoms with Gasteiger partial charge in [0.1, 0.15) is 81.5 Å². The summed E-state index contributed by atoms with van der Waals surface area (Å²) >= 11 is 0. The van der Waals surface area contributed by atoms with E-state index >= 15 is 0 Å². The Morgan fingerprint density at radius 2 is 0.561 bits per heavy atom. The van der Waals surface area contributed by atoms with Gasteiger partial charge in [-0.05, 0) is 252 Å². The first-order valence-electron chi connectivity index (χ1n) is 46.4. The highest BCUT2D eigenvalue weighted by molar-refractivity contribution is 7.59. The van der Waals surface area contributed by atoms with E-state index in [2.05, 4.69) is 107 Å². The number of amides is 1. The number of carbonyl (C=O) groups excluding carboxylic acids is 1. The normalized spacial score (nSPS) is 13.7. The first kappa shape index (κ1) is 97.5. The molecule has 10 heterocycles. The van der Waals surface area contributed by atoms with Crippen LogP contribution in [-0.4, -0.2) is 78.6 Å². The predicted octanol–water partition coefficient (Wildman–Crippen LogP) is 18.4. The second-order valence-corrected chi connectivity index (χ2v) is 36.0. The van der Waals surface area contributed by atoms with Crippen molar-refractivity contribution < 1.29 is 4.79 Å². The molecule has 3 saturated carbocycles. The summed E-state index contributed by atoms with van der Waals surface area (Å²) in [6.07, 6.45) is 7.63. The van der Waals surface area contributed by atoms with Gasteiger partial charge in [-0.3, -0.25) is 37.9 Å². The van der Waals surface area contributed by atoms with E-state index in [4.69, 9.17) is 28.7 Å². The molecule has 3 aliphatic rings. The van der Waals surface area contributed by atoms with Crippen LogP contribution in [0.4, 0.5) is 52.4 Å². The number of nitrogens with one attached hydrogen (secondary N) is 5. The monoisotopic (exact) mass is 1880 g/mol. The van der Waals surface area contributed by atoms with E-state index in [1.807, 2.05) is 248 Å². The van der Waals surface area contributed by atoms with Gasteiger partial charge >= 0.3 is 0 Å². The molecule has 0 radical (unpaired) electrons. The number of hydrogen-bond donors (Lipinski definition) is 10. The average molecular weight is 1880 g/mol. The Labute approximate surface area is 810 Å². The number of carbonyl (C=O) groups is 1. The summed E-state index contributed by atoms with van der Waals surface area (Å²) in [5.41, 5.74) is 40.4. The van der Waals surface area contributed by atoms with Gasteiger partial charge in [0.25, 0.3) is 33.7 Å². The van der Waals surface area contributed by atoms with Crippen LogP contribution in [0.1, 0.15) is 217 Å². The number of nitrogens with two attached hydrogens (primary N) is 5. The van der Waals surface area contributed by atoms with Crippen molar-refractivity contribution in [1.82, 2.24) is 72.7 Å². The van der Waals surface area contributed by atoms with Crippen LogP contribution in [0, 0.1) is 69.2 Å². The first-order chi connectivity index (χ1) is 66.1. The van der Waals surface area contributed by atoms with Crippen LogP contribution in [0.2, 0.25) is 0 Å². The second-order valence-electron chi connectivity index (χ2n) is 36.0. The van der Waals surface area contributed by atoms with Crippen molar-refractivity contribution in [3.8, 4) is 11.4 Å². The van der Waals surface area contributed by atoms with E-state index in [0.29, 0.717) is 93.6 Å². The van der Waals surface area contributed by atoms with Crippen molar-refractivity contribution in [2.24, 2.45) is 5.73 Å². The number of nitrogens with zero attached hydrogens (tertiary/aromatic N) is 15. The van der Waals surface area contributed by atoms with E-state index < -0.39 is 5.91 Å². The predicted molar refractivity (Wildman–Crippen MR) is 563 cm³/mol. The van der Waals surface area contributed by atoms with Gasteiger partial charge in [-0.25, -0.2) is 49.8 Å². The second kappa shape index (κ2) is 41.3. The molecule has 3 fully saturated rings. The number of nitrogen functional groups attached to an aromatic ring is 4. The maximum atomic E-state index is 13.5. The molecule has 139 heavy (non-hydrogen) atoms. The number of primary amides is 1. The van der Waals surface area contributed by atoms with Gasteiger partial charge in [-0.15, -0.1) is 0 Å². The minimum Gasteiger partial charge on any atom is -0.384 e. The fraction of sp³-hybridized carbons (Fsp3) is 0.271. The molecule has 31 nitrogen and oxygen atoms in total. The molecule has 0 spiro atoms. The zero-order chi connectivity index (χ0) is 97.9. The fourth-order valence-electron chi connectivity index (χ4n) is 18.2. The number of pyridine rings is 5. The lowest BCUT2D eigenvalue weighted by Gasteiger charge is -2.22. The SMILES string of the molecule is Cc1nc(N)cc(N[C@@H](C)c2cc3cccc(C)c3c(=O)n2-c2ccccc2)n1.Cc1nc(N)cc(N[C@@H](C)c2cc3cccc(C)c3c(=O)n2-c2ccccc2)n1.Cc1nc(N)cc(N[C@@H](C)c2cc3cccc(C)c3c(=O)n2C2CC2)n1.Cc1nc(N)cc(N[C@@H](C)c2cc3cccc(C)c3c(=O)n2C2CC2)n1.Cc1ncc(C(N)=O)c(N[C@@H](C)c2cc3cccc(C)c3c(=O)n2C2CC2)n1.S. The molecule has 0 aliphatic heterocycles. The summed E-state index contributed by atoms with van der Waals surface area (Å²) in [7, 11) is 0. The molecule has 0 saturated heterocycles. The lowest BCUT2D eigenvalue weighted by atomic mass is 10.0. The molecule has 712 valence electrons. The van der Waals surface area contributed by atoms with Crippen molar-refractivity contribution in [2.75, 3.05) is 49.5 Å². The maximum absolute atomic E-state index is 13.5. The van der Waals surface area contributed by atoms with Gasteiger partial charge in [0.05, 0.1) is 62.7 Å². The van der Waals surface area contributed by atoms with Crippen molar-refractivity contribution in [3.05, 3.63) is 355 Å². The molecule has 3 aliphatic carbocycles. The molecule has 17 aromatic rings. The van der Waals surface area contributed by atoms with Crippen LogP contribution in [-0.2, 0) is 0 Å². The number of hydrogen-bond acceptors (Lipinski definition) is 25. The number of rotatable bonds is 21. The Hall–Kier alpha value is -16.0. The molecule has 1 amide bonds. The number of aromatic nitrogens is 15. The molecule has 15 N–H and O–H groups in total. The van der Waals surface area contributed by atoms with Crippen LogP contribution >= 0.6 is 13.5 Å². The van der Waals surface area contributed by atoms with Crippen LogP contribution in [0.25, 0.3) is 65.2 Å². The van der Waals surface area contributed by atoms with Crippen molar-refractivity contribution >= 4 is 126 Å². The van der Waals surface area contributed by atoms with E-state index in [9.17, 15) is 28.8 Å². The lowest BCUT2D eigenvalue weighted by Crippen LogP contribution is -2.27. The van der Waals surface area contributed by atoms with Crippen LogP contribution in [0.5, 0.6) is 0 Å². The summed E-state index contributed by atoms with van der Waals surface area (Å²) in [5, 5.41) is 25.3. The molecule has 5 atom stereocenters. The molecule has 0 bridgehead atoms. The molecule has 20 rings (SSSR count). The standard InChI is InChI=1S/2C23H23N5O.C21H23N5O2.2C20H23N5O.H2S/c2*1-14-8-7-9-17-12-19(15(2)25-21-13-20(24)26-16(3)27-21)28(23(29)22(14)17)18-10-5-4-6-11-18;1-11-5-4-6-14-9-17(26(15-7-8-15)21(28)18(11)14)12(2)24-20-16(19(22)27)10-23-13(3)25-20;2*1-11-5-4-6-14-9-16(25(15-7-8-15)20(26)19(11)14)12(2)22-18-10-17(21)23-13(3)24-18;/h2*4-13,15H,1-3H3,(H3,24,25,26,27);4-6,9-10,12,15H,7-8H2,1-3H3,(H2,22,27)(H,23,24,25);2*4-6,9-10,12,15H,7-8H2,1-3H3,(H3,21,22,23,24);1H2/t2*15-;3*12-;/m00000./s1. The third kappa shape index (κ3) is 21.8.